The zero-order valence-electron chi connectivity index (χ0n) is 13.3. The van der Waals surface area contributed by atoms with Crippen molar-refractivity contribution in [2.75, 3.05) is 23.8 Å². The lowest BCUT2D eigenvalue weighted by molar-refractivity contribution is 0.311. The van der Waals surface area contributed by atoms with Gasteiger partial charge in [0.05, 0.1) is 6.61 Å². The van der Waals surface area contributed by atoms with E-state index in [4.69, 9.17) is 5.11 Å². The molecule has 0 saturated carbocycles. The van der Waals surface area contributed by atoms with Gasteiger partial charge in [0.1, 0.15) is 11.6 Å². The second-order valence-corrected chi connectivity index (χ2v) is 6.35. The molecule has 0 radical (unpaired) electrons. The van der Waals surface area contributed by atoms with Crippen LogP contribution in [-0.2, 0) is 0 Å². The van der Waals surface area contributed by atoms with Crippen molar-refractivity contribution in [3.8, 4) is 0 Å². The monoisotopic (exact) mass is 341 g/mol. The third kappa shape index (κ3) is 4.50. The Bertz CT molecular complexity index is 791. The summed E-state index contributed by atoms with van der Waals surface area (Å²) in [6, 6.07) is 16.0. The van der Waals surface area contributed by atoms with Crippen LogP contribution in [0.1, 0.15) is 5.69 Å². The minimum Gasteiger partial charge on any atom is -0.395 e. The maximum Gasteiger partial charge on any atom is 0.153 e. The average Bonchev–Trinajstić information content (AvgIpc) is 2.98. The molecule has 0 aliphatic carbocycles. The summed E-state index contributed by atoms with van der Waals surface area (Å²) in [5.41, 5.74) is 0.978. The molecule has 3 rings (SSSR count). The second-order valence-electron chi connectivity index (χ2n) is 5.20. The summed E-state index contributed by atoms with van der Waals surface area (Å²) < 4.78 is 0. The molecule has 6 nitrogen and oxygen atoms in total. The first kappa shape index (κ1) is 16.4. The molecular weight excluding hydrogens is 322 g/mol. The summed E-state index contributed by atoms with van der Waals surface area (Å²) in [7, 11) is 0. The van der Waals surface area contributed by atoms with Crippen molar-refractivity contribution < 1.29 is 5.11 Å². The maximum atomic E-state index is 9.01. The Labute approximate surface area is 144 Å². The number of aliphatic hydroxyl groups is 1. The van der Waals surface area contributed by atoms with Gasteiger partial charge < -0.3 is 15.7 Å². The van der Waals surface area contributed by atoms with Crippen molar-refractivity contribution in [1.82, 2.24) is 15.2 Å². The SMILES string of the molecule is Cc1cc(Nc2cc(Sc3ccccc3)cc(NCCO)n2)n[nH]1. The van der Waals surface area contributed by atoms with Crippen LogP contribution in [0.2, 0.25) is 0 Å². The van der Waals surface area contributed by atoms with E-state index in [9.17, 15) is 0 Å². The van der Waals surface area contributed by atoms with Crippen molar-refractivity contribution in [1.29, 1.82) is 0 Å². The third-order valence-electron chi connectivity index (χ3n) is 3.16. The zero-order chi connectivity index (χ0) is 16.8. The summed E-state index contributed by atoms with van der Waals surface area (Å²) in [5, 5.41) is 22.4. The highest BCUT2D eigenvalue weighted by atomic mass is 32.2. The van der Waals surface area contributed by atoms with Crippen molar-refractivity contribution in [2.45, 2.75) is 16.7 Å². The van der Waals surface area contributed by atoms with Gasteiger partial charge in [0.15, 0.2) is 5.82 Å². The molecule has 2 heterocycles. The zero-order valence-corrected chi connectivity index (χ0v) is 14.1. The second kappa shape index (κ2) is 7.85. The normalized spacial score (nSPS) is 10.6. The Balaban J connectivity index is 1.84. The molecule has 0 spiro atoms. The van der Waals surface area contributed by atoms with Crippen LogP contribution in [0.15, 0.2) is 58.3 Å². The first-order chi connectivity index (χ1) is 11.7. The smallest absolute Gasteiger partial charge is 0.153 e. The van der Waals surface area contributed by atoms with Crippen LogP contribution in [0.3, 0.4) is 0 Å². The predicted octanol–water partition coefficient (Wildman–Crippen LogP) is 3.41. The van der Waals surface area contributed by atoms with E-state index in [-0.39, 0.29) is 6.61 Å². The summed E-state index contributed by atoms with van der Waals surface area (Å²) in [6.07, 6.45) is 0. The summed E-state index contributed by atoms with van der Waals surface area (Å²) in [6.45, 7) is 2.45. The molecule has 1 aromatic carbocycles. The van der Waals surface area contributed by atoms with E-state index >= 15 is 0 Å². The van der Waals surface area contributed by atoms with E-state index in [0.717, 1.165) is 21.3 Å². The molecule has 0 saturated heterocycles. The number of aromatic nitrogens is 3. The van der Waals surface area contributed by atoms with Crippen molar-refractivity contribution in [3.05, 3.63) is 54.2 Å². The van der Waals surface area contributed by atoms with Gasteiger partial charge in [0, 0.05) is 28.1 Å². The van der Waals surface area contributed by atoms with Gasteiger partial charge in [-0.25, -0.2) is 4.98 Å². The fourth-order valence-electron chi connectivity index (χ4n) is 2.14. The van der Waals surface area contributed by atoms with Gasteiger partial charge in [-0.3, -0.25) is 5.10 Å². The van der Waals surface area contributed by atoms with Gasteiger partial charge in [-0.2, -0.15) is 5.10 Å². The predicted molar refractivity (Wildman–Crippen MR) is 97.0 cm³/mol. The number of hydrogen-bond donors (Lipinski definition) is 4. The van der Waals surface area contributed by atoms with Gasteiger partial charge in [-0.05, 0) is 31.2 Å². The molecule has 7 heteroatoms. The van der Waals surface area contributed by atoms with E-state index in [1.807, 2.05) is 43.3 Å². The number of anilines is 3. The van der Waals surface area contributed by atoms with E-state index in [1.165, 1.54) is 0 Å². The highest BCUT2D eigenvalue weighted by molar-refractivity contribution is 7.99. The Morgan fingerprint density at radius 1 is 1.04 bits per heavy atom. The molecule has 3 aromatic rings. The number of aryl methyl sites for hydroxylation is 1. The molecule has 2 aromatic heterocycles. The first-order valence-corrected chi connectivity index (χ1v) is 8.43. The topological polar surface area (TPSA) is 85.9 Å². The van der Waals surface area contributed by atoms with Gasteiger partial charge >= 0.3 is 0 Å². The van der Waals surface area contributed by atoms with E-state index in [0.29, 0.717) is 18.2 Å². The lowest BCUT2D eigenvalue weighted by Crippen LogP contribution is -2.08. The maximum absolute atomic E-state index is 9.01. The van der Waals surface area contributed by atoms with Crippen LogP contribution in [0.25, 0.3) is 0 Å². The highest BCUT2D eigenvalue weighted by Gasteiger charge is 2.06. The van der Waals surface area contributed by atoms with Crippen molar-refractivity contribution in [3.63, 3.8) is 0 Å². The molecule has 4 N–H and O–H groups in total. The molecule has 0 fully saturated rings. The average molecular weight is 341 g/mol. The van der Waals surface area contributed by atoms with E-state index < -0.39 is 0 Å². The van der Waals surface area contributed by atoms with Gasteiger partial charge in [0.25, 0.3) is 0 Å². The van der Waals surface area contributed by atoms with Crippen molar-refractivity contribution >= 4 is 29.2 Å². The molecule has 124 valence electrons. The van der Waals surface area contributed by atoms with Crippen LogP contribution < -0.4 is 10.6 Å². The quantitative estimate of drug-likeness (QED) is 0.527. The number of aromatic amines is 1. The standard InChI is InChI=1S/C17H19N5OS/c1-12-9-17(22-21-12)20-16-11-14(10-15(19-16)18-7-8-23)24-13-5-3-2-4-6-13/h2-6,9-11,23H,7-8H2,1H3,(H3,18,19,20,21,22). The number of nitrogens with one attached hydrogen (secondary N) is 3. The van der Waals surface area contributed by atoms with Crippen LogP contribution >= 0.6 is 11.8 Å². The number of rotatable bonds is 7. The number of aliphatic hydroxyl groups excluding tert-OH is 1. The molecular formula is C17H19N5OS. The highest BCUT2D eigenvalue weighted by Crippen LogP contribution is 2.31. The minimum atomic E-state index is 0.0546. The lowest BCUT2D eigenvalue weighted by Gasteiger charge is -2.10. The largest absolute Gasteiger partial charge is 0.395 e. The number of pyridine rings is 1. The Hall–Kier alpha value is -2.51. The lowest BCUT2D eigenvalue weighted by atomic mass is 10.4. The number of H-pyrrole nitrogens is 1. The Kier molecular flexibility index (Phi) is 5.35. The Morgan fingerprint density at radius 3 is 2.54 bits per heavy atom. The fourth-order valence-corrected chi connectivity index (χ4v) is 3.05. The molecule has 0 aliphatic heterocycles. The van der Waals surface area contributed by atoms with E-state index in [2.05, 4.69) is 37.9 Å². The third-order valence-corrected chi connectivity index (χ3v) is 4.14. The fraction of sp³-hybridized carbons (Fsp3) is 0.176. The van der Waals surface area contributed by atoms with Gasteiger partial charge in [0.2, 0.25) is 0 Å². The summed E-state index contributed by atoms with van der Waals surface area (Å²) in [5.74, 6) is 2.12. The summed E-state index contributed by atoms with van der Waals surface area (Å²) in [4.78, 5) is 6.72. The first-order valence-electron chi connectivity index (χ1n) is 7.62. The van der Waals surface area contributed by atoms with Crippen LogP contribution in [0.4, 0.5) is 17.5 Å². The minimum absolute atomic E-state index is 0.0546. The molecule has 24 heavy (non-hydrogen) atoms. The molecule has 0 unspecified atom stereocenters. The molecule has 0 amide bonds. The number of hydrogen-bond acceptors (Lipinski definition) is 6. The molecule has 0 bridgehead atoms. The Morgan fingerprint density at radius 2 is 1.83 bits per heavy atom. The van der Waals surface area contributed by atoms with Gasteiger partial charge in [-0.15, -0.1) is 0 Å². The molecule has 0 atom stereocenters. The van der Waals surface area contributed by atoms with Crippen LogP contribution in [-0.4, -0.2) is 33.4 Å². The van der Waals surface area contributed by atoms with Gasteiger partial charge in [-0.1, -0.05) is 30.0 Å². The number of benzene rings is 1. The molecule has 0 aliphatic rings. The number of nitrogens with zero attached hydrogens (tertiary/aromatic N) is 2. The van der Waals surface area contributed by atoms with Crippen molar-refractivity contribution in [2.24, 2.45) is 0 Å². The van der Waals surface area contributed by atoms with E-state index in [1.54, 1.807) is 11.8 Å². The van der Waals surface area contributed by atoms with Crippen LogP contribution in [0.5, 0.6) is 0 Å². The summed E-state index contributed by atoms with van der Waals surface area (Å²) >= 11 is 1.65. The van der Waals surface area contributed by atoms with Crippen LogP contribution in [0, 0.1) is 6.92 Å².